The second kappa shape index (κ2) is 13.4. The van der Waals surface area contributed by atoms with E-state index in [2.05, 4.69) is 21.1 Å². The molecule has 9 nitrogen and oxygen atoms in total. The Balaban J connectivity index is 1.79. The summed E-state index contributed by atoms with van der Waals surface area (Å²) in [6.07, 6.45) is 3.86. The summed E-state index contributed by atoms with van der Waals surface area (Å²) in [6.45, 7) is 3.26. The molecule has 0 aromatic carbocycles. The fourth-order valence-electron chi connectivity index (χ4n) is 1.85. The Labute approximate surface area is 141 Å². The lowest BCUT2D eigenvalue weighted by Gasteiger charge is -2.08. The van der Waals surface area contributed by atoms with Crippen LogP contribution in [-0.2, 0) is 16.2 Å². The topological polar surface area (TPSA) is 125 Å². The zero-order valence-electron chi connectivity index (χ0n) is 13.6. The molecular weight excluding hydrogens is 314 g/mol. The largest absolute Gasteiger partial charge is 0.465 e. The number of nitrogens with one attached hydrogen (secondary N) is 4. The molecule has 5 N–H and O–H groups in total. The van der Waals surface area contributed by atoms with Gasteiger partial charge in [0, 0.05) is 31.9 Å². The maximum absolute atomic E-state index is 11.1. The van der Waals surface area contributed by atoms with Crippen molar-refractivity contribution in [1.29, 1.82) is 0 Å². The molecule has 24 heavy (non-hydrogen) atoms. The average Bonchev–Trinajstić information content (AvgIpc) is 2.56. The molecule has 2 amide bonds. The summed E-state index contributed by atoms with van der Waals surface area (Å²) in [5.74, 6) is -0.464. The molecule has 0 saturated carbocycles. The van der Waals surface area contributed by atoms with Gasteiger partial charge in [0.2, 0.25) is 5.91 Å². The van der Waals surface area contributed by atoms with Gasteiger partial charge < -0.3 is 10.4 Å². The summed E-state index contributed by atoms with van der Waals surface area (Å²) in [6, 6.07) is 3.89. The number of imide groups is 1. The predicted molar refractivity (Wildman–Crippen MR) is 87.9 cm³/mol. The summed E-state index contributed by atoms with van der Waals surface area (Å²) >= 11 is 0. The van der Waals surface area contributed by atoms with Crippen LogP contribution >= 0.6 is 0 Å². The van der Waals surface area contributed by atoms with Crippen LogP contribution < -0.4 is 21.4 Å². The van der Waals surface area contributed by atoms with Crippen molar-refractivity contribution in [2.45, 2.75) is 25.8 Å². The number of aromatic nitrogens is 1. The van der Waals surface area contributed by atoms with Crippen molar-refractivity contribution in [2.24, 2.45) is 0 Å². The molecule has 1 rings (SSSR count). The number of carbonyl (C=O) groups excluding carboxylic acids is 1. The Morgan fingerprint density at radius 1 is 1.12 bits per heavy atom. The molecule has 0 saturated heterocycles. The van der Waals surface area contributed by atoms with Crippen molar-refractivity contribution in [2.75, 3.05) is 26.4 Å². The first-order chi connectivity index (χ1) is 11.7. The summed E-state index contributed by atoms with van der Waals surface area (Å²) in [5.41, 5.74) is 3.97. The monoisotopic (exact) mass is 339 g/mol. The molecule has 0 radical (unpaired) electrons. The number of hydrogen-bond acceptors (Lipinski definition) is 7. The lowest BCUT2D eigenvalue weighted by Crippen LogP contribution is -2.31. The summed E-state index contributed by atoms with van der Waals surface area (Å²) in [4.78, 5) is 30.5. The Morgan fingerprint density at radius 2 is 1.92 bits per heavy atom. The fourth-order valence-corrected chi connectivity index (χ4v) is 1.85. The van der Waals surface area contributed by atoms with Gasteiger partial charge in [0.25, 0.3) is 0 Å². The summed E-state index contributed by atoms with van der Waals surface area (Å²) in [5, 5.41) is 16.5. The maximum Gasteiger partial charge on any atom is 0.411 e. The van der Waals surface area contributed by atoms with Gasteiger partial charge in [-0.1, -0.05) is 0 Å². The smallest absolute Gasteiger partial charge is 0.411 e. The molecule has 0 spiro atoms. The SMILES string of the molecule is O=C(O)NC(=O)CCCCNCCONCNCc1ccncc1. The van der Waals surface area contributed by atoms with Gasteiger partial charge in [0.15, 0.2) is 0 Å². The zero-order valence-corrected chi connectivity index (χ0v) is 13.6. The van der Waals surface area contributed by atoms with Crippen LogP contribution in [0, 0.1) is 0 Å². The summed E-state index contributed by atoms with van der Waals surface area (Å²) in [7, 11) is 0. The molecule has 1 heterocycles. The van der Waals surface area contributed by atoms with E-state index in [1.54, 1.807) is 12.4 Å². The number of unbranched alkanes of at least 4 members (excludes halogenated alkanes) is 1. The van der Waals surface area contributed by atoms with Gasteiger partial charge in [0.1, 0.15) is 0 Å². The van der Waals surface area contributed by atoms with Crippen molar-refractivity contribution in [3.63, 3.8) is 0 Å². The van der Waals surface area contributed by atoms with E-state index in [1.165, 1.54) is 0 Å². The molecule has 9 heteroatoms. The summed E-state index contributed by atoms with van der Waals surface area (Å²) < 4.78 is 0. The van der Waals surface area contributed by atoms with Crippen molar-refractivity contribution in [3.8, 4) is 0 Å². The van der Waals surface area contributed by atoms with Crippen LogP contribution in [0.15, 0.2) is 24.5 Å². The molecule has 0 unspecified atom stereocenters. The highest BCUT2D eigenvalue weighted by Gasteiger charge is 2.04. The van der Waals surface area contributed by atoms with Gasteiger partial charge in [-0.25, -0.2) is 4.79 Å². The van der Waals surface area contributed by atoms with Crippen LogP contribution in [0.25, 0.3) is 0 Å². The average molecular weight is 339 g/mol. The minimum absolute atomic E-state index is 0.217. The van der Waals surface area contributed by atoms with Crippen LogP contribution in [0.3, 0.4) is 0 Å². The highest BCUT2D eigenvalue weighted by molar-refractivity contribution is 5.90. The zero-order chi connectivity index (χ0) is 17.5. The van der Waals surface area contributed by atoms with E-state index in [-0.39, 0.29) is 6.42 Å². The second-order valence-corrected chi connectivity index (χ2v) is 5.01. The van der Waals surface area contributed by atoms with Gasteiger partial charge >= 0.3 is 6.09 Å². The Morgan fingerprint density at radius 3 is 2.67 bits per heavy atom. The molecule has 134 valence electrons. The van der Waals surface area contributed by atoms with Crippen molar-refractivity contribution in [1.82, 2.24) is 26.4 Å². The van der Waals surface area contributed by atoms with Gasteiger partial charge in [0.05, 0.1) is 13.3 Å². The van der Waals surface area contributed by atoms with E-state index >= 15 is 0 Å². The third-order valence-corrected chi connectivity index (χ3v) is 3.01. The second-order valence-electron chi connectivity index (χ2n) is 5.01. The van der Waals surface area contributed by atoms with E-state index in [1.807, 2.05) is 17.4 Å². The number of rotatable bonds is 13. The van der Waals surface area contributed by atoms with Gasteiger partial charge in [-0.2, -0.15) is 5.48 Å². The van der Waals surface area contributed by atoms with Crippen molar-refractivity contribution < 1.29 is 19.5 Å². The van der Waals surface area contributed by atoms with Crippen molar-refractivity contribution in [3.05, 3.63) is 30.1 Å². The maximum atomic E-state index is 11.1. The van der Waals surface area contributed by atoms with E-state index in [9.17, 15) is 9.59 Å². The standard InChI is InChI=1S/C15H25N5O4/c21-14(20-15(22)23)3-1-2-6-16-9-10-24-19-12-18-11-13-4-7-17-8-5-13/h4-5,7-8,16,18-19H,1-3,6,9-12H2,(H,20,21)(H,22,23). The van der Waals surface area contributed by atoms with E-state index in [0.29, 0.717) is 26.2 Å². The highest BCUT2D eigenvalue weighted by atomic mass is 16.6. The van der Waals surface area contributed by atoms with Gasteiger partial charge in [-0.05, 0) is 37.1 Å². The minimum atomic E-state index is -1.31. The third kappa shape index (κ3) is 11.5. The molecule has 0 fully saturated rings. The number of pyridine rings is 1. The fraction of sp³-hybridized carbons (Fsp3) is 0.533. The molecule has 0 aliphatic rings. The Bertz CT molecular complexity index is 472. The normalized spacial score (nSPS) is 10.5. The van der Waals surface area contributed by atoms with E-state index < -0.39 is 12.0 Å². The lowest BCUT2D eigenvalue weighted by molar-refractivity contribution is -0.120. The first-order valence-electron chi connectivity index (χ1n) is 7.86. The minimum Gasteiger partial charge on any atom is -0.465 e. The quantitative estimate of drug-likeness (QED) is 0.196. The van der Waals surface area contributed by atoms with Crippen LogP contribution in [0.2, 0.25) is 0 Å². The first-order valence-corrected chi connectivity index (χ1v) is 7.86. The molecule has 1 aromatic heterocycles. The van der Waals surface area contributed by atoms with Gasteiger partial charge in [-0.3, -0.25) is 25.2 Å². The molecular formula is C15H25N5O4. The lowest BCUT2D eigenvalue weighted by atomic mass is 10.2. The number of carbonyl (C=O) groups is 2. The van der Waals surface area contributed by atoms with Crippen molar-refractivity contribution >= 4 is 12.0 Å². The number of hydroxylamine groups is 1. The molecule has 0 aliphatic heterocycles. The van der Waals surface area contributed by atoms with E-state index in [0.717, 1.165) is 25.1 Å². The first kappa shape index (κ1) is 20.0. The van der Waals surface area contributed by atoms with Crippen LogP contribution in [0.1, 0.15) is 24.8 Å². The van der Waals surface area contributed by atoms with Gasteiger partial charge in [-0.15, -0.1) is 0 Å². The third-order valence-electron chi connectivity index (χ3n) is 3.01. The van der Waals surface area contributed by atoms with Crippen LogP contribution in [0.5, 0.6) is 0 Å². The highest BCUT2D eigenvalue weighted by Crippen LogP contribution is 1.94. The van der Waals surface area contributed by atoms with Crippen LogP contribution in [-0.4, -0.2) is 48.5 Å². The molecule has 0 atom stereocenters. The van der Waals surface area contributed by atoms with Crippen LogP contribution in [0.4, 0.5) is 4.79 Å². The molecule has 0 aliphatic carbocycles. The number of amides is 2. The Kier molecular flexibility index (Phi) is 11.1. The number of hydrogen-bond donors (Lipinski definition) is 5. The van der Waals surface area contributed by atoms with E-state index in [4.69, 9.17) is 9.94 Å². The Hall–Kier alpha value is -2.07. The predicted octanol–water partition coefficient (Wildman–Crippen LogP) is 0.204. The number of carboxylic acid groups (broad SMARTS) is 1. The molecule has 1 aromatic rings. The number of nitrogens with zero attached hydrogens (tertiary/aromatic N) is 1. The molecule has 0 bridgehead atoms.